The van der Waals surface area contributed by atoms with Gasteiger partial charge < -0.3 is 19.7 Å². The quantitative estimate of drug-likeness (QED) is 0.393. The summed E-state index contributed by atoms with van der Waals surface area (Å²) in [6.45, 7) is 4.04. The summed E-state index contributed by atoms with van der Waals surface area (Å²) in [7, 11) is 4.22. The molecule has 2 N–H and O–H groups in total. The van der Waals surface area contributed by atoms with Crippen molar-refractivity contribution in [2.75, 3.05) is 20.8 Å². The summed E-state index contributed by atoms with van der Waals surface area (Å²) in [5.41, 5.74) is 4.30. The van der Waals surface area contributed by atoms with Crippen LogP contribution in [0.1, 0.15) is 22.3 Å². The van der Waals surface area contributed by atoms with Crippen LogP contribution in [0.5, 0.6) is 5.75 Å². The van der Waals surface area contributed by atoms with E-state index in [0.29, 0.717) is 14.2 Å². The van der Waals surface area contributed by atoms with Crippen LogP contribution in [-0.4, -0.2) is 38.4 Å². The molecule has 0 atom stereocenters. The van der Waals surface area contributed by atoms with Gasteiger partial charge in [0.05, 0.1) is 6.61 Å². The third-order valence-electron chi connectivity index (χ3n) is 4.02. The highest BCUT2D eigenvalue weighted by Crippen LogP contribution is 2.22. The number of aliphatic hydroxyl groups excluding tert-OH is 1. The van der Waals surface area contributed by atoms with E-state index in [1.165, 1.54) is 5.56 Å². The first kappa shape index (κ1) is 19.5. The van der Waals surface area contributed by atoms with Gasteiger partial charge in [-0.1, -0.05) is 30.3 Å². The Bertz CT molecular complexity index is 667. The molecule has 0 aliphatic carbocycles. The SMILES string of the molecule is COBNCN(C)Cc1ccc(OCc2ccccc2C)c(CO)c1. The standard InChI is InChI=1S/C19H27BN2O3/c1-15-6-4-5-7-17(15)13-25-19-9-8-16(10-18(19)12-23)11-22(2)14-21-20-24-3/h4-10,20-21,23H,11-14H2,1-3H3. The summed E-state index contributed by atoms with van der Waals surface area (Å²) in [6, 6.07) is 14.1. The minimum absolute atomic E-state index is 0.0391. The Morgan fingerprint density at radius 1 is 1.16 bits per heavy atom. The number of aliphatic hydroxyl groups is 1. The minimum atomic E-state index is -0.0391. The van der Waals surface area contributed by atoms with E-state index in [9.17, 15) is 5.11 Å². The van der Waals surface area contributed by atoms with Gasteiger partial charge in [-0.3, -0.25) is 4.90 Å². The highest BCUT2D eigenvalue weighted by atomic mass is 16.5. The van der Waals surface area contributed by atoms with Crippen LogP contribution in [0, 0.1) is 6.92 Å². The molecule has 0 aliphatic rings. The van der Waals surface area contributed by atoms with Crippen LogP contribution < -0.4 is 9.96 Å². The van der Waals surface area contributed by atoms with Gasteiger partial charge in [0.1, 0.15) is 12.4 Å². The zero-order valence-electron chi connectivity index (χ0n) is 15.3. The second-order valence-corrected chi connectivity index (χ2v) is 6.17. The molecule has 0 saturated carbocycles. The summed E-state index contributed by atoms with van der Waals surface area (Å²) in [4.78, 5) is 2.14. The van der Waals surface area contributed by atoms with Gasteiger partial charge in [0.15, 0.2) is 0 Å². The molecular formula is C19H27BN2O3. The number of hydrogen-bond acceptors (Lipinski definition) is 5. The van der Waals surface area contributed by atoms with Gasteiger partial charge in [0.25, 0.3) is 0 Å². The Morgan fingerprint density at radius 3 is 2.68 bits per heavy atom. The van der Waals surface area contributed by atoms with Crippen molar-refractivity contribution in [1.29, 1.82) is 0 Å². The van der Waals surface area contributed by atoms with Crippen molar-refractivity contribution in [3.63, 3.8) is 0 Å². The molecule has 2 aromatic rings. The van der Waals surface area contributed by atoms with E-state index >= 15 is 0 Å². The largest absolute Gasteiger partial charge is 0.489 e. The second-order valence-electron chi connectivity index (χ2n) is 6.17. The molecule has 0 fully saturated rings. The maximum absolute atomic E-state index is 9.68. The Morgan fingerprint density at radius 2 is 1.96 bits per heavy atom. The van der Waals surface area contributed by atoms with Crippen LogP contribution in [0.3, 0.4) is 0 Å². The monoisotopic (exact) mass is 342 g/mol. The summed E-state index contributed by atoms with van der Waals surface area (Å²) >= 11 is 0. The molecular weight excluding hydrogens is 315 g/mol. The van der Waals surface area contributed by atoms with Crippen LogP contribution in [0.4, 0.5) is 0 Å². The predicted octanol–water partition coefficient (Wildman–Crippen LogP) is 1.96. The number of nitrogens with zero attached hydrogens (tertiary/aromatic N) is 1. The van der Waals surface area contributed by atoms with Crippen LogP contribution in [0.25, 0.3) is 0 Å². The van der Waals surface area contributed by atoms with Crippen molar-refractivity contribution < 1.29 is 14.5 Å². The van der Waals surface area contributed by atoms with Crippen LogP contribution in [-0.2, 0) is 24.4 Å². The summed E-state index contributed by atoms with van der Waals surface area (Å²) in [5.74, 6) is 0.731. The van der Waals surface area contributed by atoms with Crippen molar-refractivity contribution >= 4 is 7.62 Å². The van der Waals surface area contributed by atoms with E-state index in [-0.39, 0.29) is 6.61 Å². The molecule has 0 heterocycles. The third kappa shape index (κ3) is 6.18. The van der Waals surface area contributed by atoms with Gasteiger partial charge in [0.2, 0.25) is 0 Å². The fraction of sp³-hybridized carbons (Fsp3) is 0.368. The molecule has 0 aliphatic heterocycles. The number of benzene rings is 2. The molecule has 0 radical (unpaired) electrons. The third-order valence-corrected chi connectivity index (χ3v) is 4.02. The Hall–Kier alpha value is -1.86. The Balaban J connectivity index is 1.97. The lowest BCUT2D eigenvalue weighted by atomic mass is 10.1. The minimum Gasteiger partial charge on any atom is -0.489 e. The lowest BCUT2D eigenvalue weighted by Crippen LogP contribution is -2.33. The molecule has 0 unspecified atom stereocenters. The Kier molecular flexibility index (Phi) is 7.95. The van der Waals surface area contributed by atoms with E-state index in [2.05, 4.69) is 29.2 Å². The molecule has 0 saturated heterocycles. The average molecular weight is 342 g/mol. The van der Waals surface area contributed by atoms with E-state index in [0.717, 1.165) is 35.7 Å². The van der Waals surface area contributed by atoms with Crippen molar-refractivity contribution in [1.82, 2.24) is 10.1 Å². The number of aryl methyl sites for hydroxylation is 1. The molecule has 25 heavy (non-hydrogen) atoms. The first-order valence-corrected chi connectivity index (χ1v) is 8.42. The molecule has 2 rings (SSSR count). The van der Waals surface area contributed by atoms with Gasteiger partial charge in [-0.05, 0) is 42.8 Å². The average Bonchev–Trinajstić information content (AvgIpc) is 2.62. The maximum Gasteiger partial charge on any atom is 0.361 e. The number of nitrogens with one attached hydrogen (secondary N) is 1. The van der Waals surface area contributed by atoms with Crippen molar-refractivity contribution in [3.8, 4) is 5.75 Å². The predicted molar refractivity (Wildman–Crippen MR) is 102 cm³/mol. The molecule has 6 heteroatoms. The molecule has 0 amide bonds. The Labute approximate surface area is 150 Å². The number of rotatable bonds is 10. The topological polar surface area (TPSA) is 54.0 Å². The zero-order chi connectivity index (χ0) is 18.1. The van der Waals surface area contributed by atoms with Gasteiger partial charge in [-0.25, -0.2) is 0 Å². The van der Waals surface area contributed by atoms with Crippen molar-refractivity contribution in [2.24, 2.45) is 0 Å². The van der Waals surface area contributed by atoms with Crippen LogP contribution in [0.2, 0.25) is 0 Å². The summed E-state index contributed by atoms with van der Waals surface area (Å²) in [5, 5.41) is 12.8. The van der Waals surface area contributed by atoms with E-state index in [1.807, 2.05) is 37.4 Å². The normalized spacial score (nSPS) is 10.9. The molecule has 0 spiro atoms. The fourth-order valence-electron chi connectivity index (χ4n) is 2.63. The lowest BCUT2D eigenvalue weighted by molar-refractivity contribution is 0.258. The summed E-state index contributed by atoms with van der Waals surface area (Å²) < 4.78 is 10.9. The van der Waals surface area contributed by atoms with Crippen LogP contribution >= 0.6 is 0 Å². The first-order valence-electron chi connectivity index (χ1n) is 8.42. The van der Waals surface area contributed by atoms with E-state index < -0.39 is 0 Å². The lowest BCUT2D eigenvalue weighted by Gasteiger charge is -2.18. The zero-order valence-corrected chi connectivity index (χ0v) is 15.3. The molecule has 134 valence electrons. The number of hydrogen-bond donors (Lipinski definition) is 2. The van der Waals surface area contributed by atoms with Gasteiger partial charge in [0, 0.05) is 25.9 Å². The van der Waals surface area contributed by atoms with Gasteiger partial charge in [-0.15, -0.1) is 0 Å². The maximum atomic E-state index is 9.68. The van der Waals surface area contributed by atoms with Gasteiger partial charge in [-0.2, -0.15) is 0 Å². The van der Waals surface area contributed by atoms with Gasteiger partial charge >= 0.3 is 7.62 Å². The first-order chi connectivity index (χ1) is 12.1. The molecule has 2 aromatic carbocycles. The fourth-order valence-corrected chi connectivity index (χ4v) is 2.63. The second kappa shape index (κ2) is 10.2. The molecule has 5 nitrogen and oxygen atoms in total. The van der Waals surface area contributed by atoms with Crippen molar-refractivity contribution in [2.45, 2.75) is 26.7 Å². The smallest absolute Gasteiger partial charge is 0.361 e. The van der Waals surface area contributed by atoms with Crippen molar-refractivity contribution in [3.05, 3.63) is 64.7 Å². The number of ether oxygens (including phenoxy) is 1. The summed E-state index contributed by atoms with van der Waals surface area (Å²) in [6.07, 6.45) is 0. The molecule has 0 bridgehead atoms. The molecule has 0 aromatic heterocycles. The highest BCUT2D eigenvalue weighted by Gasteiger charge is 2.08. The highest BCUT2D eigenvalue weighted by molar-refractivity contribution is 6.23. The van der Waals surface area contributed by atoms with E-state index in [1.54, 1.807) is 7.11 Å². The van der Waals surface area contributed by atoms with E-state index in [4.69, 9.17) is 9.39 Å². The van der Waals surface area contributed by atoms with Crippen LogP contribution in [0.15, 0.2) is 42.5 Å².